The third-order valence-electron chi connectivity index (χ3n) is 4.18. The zero-order valence-corrected chi connectivity index (χ0v) is 16.4. The van der Waals surface area contributed by atoms with E-state index in [1.165, 1.54) is 17.7 Å². The van der Waals surface area contributed by atoms with Crippen molar-refractivity contribution in [3.63, 3.8) is 0 Å². The number of rotatable bonds is 8. The quantitative estimate of drug-likeness (QED) is 0.606. The molecule has 1 heterocycles. The van der Waals surface area contributed by atoms with Gasteiger partial charge in [0.15, 0.2) is 6.61 Å². The first kappa shape index (κ1) is 20.3. The number of aryl methyl sites for hydroxylation is 2. The Morgan fingerprint density at radius 2 is 1.86 bits per heavy atom. The van der Waals surface area contributed by atoms with Gasteiger partial charge in [0.1, 0.15) is 5.82 Å². The number of hydrogen-bond donors (Lipinski definition) is 2. The third-order valence-corrected chi connectivity index (χ3v) is 4.18. The Balaban J connectivity index is 1.56. The molecule has 0 radical (unpaired) electrons. The monoisotopic (exact) mass is 394 g/mol. The summed E-state index contributed by atoms with van der Waals surface area (Å²) in [5.74, 6) is 0.104. The van der Waals surface area contributed by atoms with E-state index in [2.05, 4.69) is 33.6 Å². The van der Waals surface area contributed by atoms with Gasteiger partial charge in [0.25, 0.3) is 5.91 Å². The van der Waals surface area contributed by atoms with Crippen molar-refractivity contribution in [1.29, 1.82) is 0 Å². The molecule has 2 aromatic carbocycles. The lowest BCUT2D eigenvalue weighted by Gasteiger charge is -2.10. The summed E-state index contributed by atoms with van der Waals surface area (Å²) in [6.07, 6.45) is 0.936. The van der Waals surface area contributed by atoms with E-state index < -0.39 is 0 Å². The maximum absolute atomic E-state index is 12.9. The summed E-state index contributed by atoms with van der Waals surface area (Å²) in [6, 6.07) is 15.6. The van der Waals surface area contributed by atoms with E-state index in [1.54, 1.807) is 18.2 Å². The normalized spacial score (nSPS) is 10.4. The summed E-state index contributed by atoms with van der Waals surface area (Å²) < 4.78 is 18.4. The molecule has 3 aromatic rings. The standard InChI is InChI=1S/C22H23FN4O2/c1-3-16-5-4-6-19(12-16)26-22-25-15(2)11-21(27-22)29-14-20(28)24-13-17-7-9-18(23)10-8-17/h4-12H,3,13-14H2,1-2H3,(H,24,28)(H,25,26,27). The Hall–Kier alpha value is -3.48. The number of carbonyl (C=O) groups is 1. The van der Waals surface area contributed by atoms with Crippen LogP contribution in [-0.2, 0) is 17.8 Å². The lowest BCUT2D eigenvalue weighted by atomic mass is 10.1. The molecule has 0 saturated heterocycles. The van der Waals surface area contributed by atoms with Crippen LogP contribution in [0.15, 0.2) is 54.6 Å². The molecule has 0 atom stereocenters. The molecule has 0 bridgehead atoms. The fourth-order valence-corrected chi connectivity index (χ4v) is 2.66. The van der Waals surface area contributed by atoms with Gasteiger partial charge in [-0.2, -0.15) is 4.98 Å². The number of anilines is 2. The number of amides is 1. The van der Waals surface area contributed by atoms with Crippen molar-refractivity contribution in [3.05, 3.63) is 77.2 Å². The number of aromatic nitrogens is 2. The Kier molecular flexibility index (Phi) is 6.73. The fraction of sp³-hybridized carbons (Fsp3) is 0.227. The van der Waals surface area contributed by atoms with E-state index >= 15 is 0 Å². The van der Waals surface area contributed by atoms with Gasteiger partial charge in [-0.25, -0.2) is 9.37 Å². The van der Waals surface area contributed by atoms with Crippen molar-refractivity contribution in [3.8, 4) is 5.88 Å². The van der Waals surface area contributed by atoms with Crippen LogP contribution in [0.25, 0.3) is 0 Å². The van der Waals surface area contributed by atoms with Gasteiger partial charge in [0.05, 0.1) is 0 Å². The van der Waals surface area contributed by atoms with E-state index in [4.69, 9.17) is 4.74 Å². The maximum Gasteiger partial charge on any atom is 0.258 e. The second kappa shape index (κ2) is 9.64. The molecule has 0 spiro atoms. The molecule has 0 aliphatic heterocycles. The summed E-state index contributed by atoms with van der Waals surface area (Å²) in [4.78, 5) is 20.7. The van der Waals surface area contributed by atoms with Crippen molar-refractivity contribution >= 4 is 17.5 Å². The molecule has 1 aromatic heterocycles. The van der Waals surface area contributed by atoms with Crippen LogP contribution in [-0.4, -0.2) is 22.5 Å². The van der Waals surface area contributed by atoms with Crippen LogP contribution in [0.1, 0.15) is 23.7 Å². The van der Waals surface area contributed by atoms with Crippen LogP contribution in [0.2, 0.25) is 0 Å². The first-order valence-corrected chi connectivity index (χ1v) is 9.37. The first-order chi connectivity index (χ1) is 14.0. The number of halogens is 1. The molecular weight excluding hydrogens is 371 g/mol. The Morgan fingerprint density at radius 1 is 1.07 bits per heavy atom. The van der Waals surface area contributed by atoms with Crippen molar-refractivity contribution in [1.82, 2.24) is 15.3 Å². The molecule has 0 aliphatic rings. The van der Waals surface area contributed by atoms with E-state index in [9.17, 15) is 9.18 Å². The van der Waals surface area contributed by atoms with Gasteiger partial charge >= 0.3 is 0 Å². The SMILES string of the molecule is CCc1cccc(Nc2nc(C)cc(OCC(=O)NCc3ccc(F)cc3)n2)c1. The van der Waals surface area contributed by atoms with Gasteiger partial charge in [-0.15, -0.1) is 0 Å². The molecule has 150 valence electrons. The topological polar surface area (TPSA) is 76.1 Å². The Morgan fingerprint density at radius 3 is 2.62 bits per heavy atom. The van der Waals surface area contributed by atoms with Gasteiger partial charge in [-0.1, -0.05) is 31.2 Å². The van der Waals surface area contributed by atoms with Gasteiger partial charge in [0.2, 0.25) is 11.8 Å². The summed E-state index contributed by atoms with van der Waals surface area (Å²) in [5, 5.41) is 5.89. The van der Waals surface area contributed by atoms with E-state index in [0.717, 1.165) is 23.4 Å². The molecule has 0 unspecified atom stereocenters. The Bertz CT molecular complexity index is 977. The lowest BCUT2D eigenvalue weighted by Crippen LogP contribution is -2.28. The van der Waals surface area contributed by atoms with E-state index in [0.29, 0.717) is 18.4 Å². The van der Waals surface area contributed by atoms with Crippen molar-refractivity contribution < 1.29 is 13.9 Å². The van der Waals surface area contributed by atoms with Crippen molar-refractivity contribution in [2.45, 2.75) is 26.8 Å². The molecule has 7 heteroatoms. The highest BCUT2D eigenvalue weighted by Gasteiger charge is 2.08. The van der Waals surface area contributed by atoms with Crippen LogP contribution in [0.4, 0.5) is 16.0 Å². The largest absolute Gasteiger partial charge is 0.467 e. The highest BCUT2D eigenvalue weighted by atomic mass is 19.1. The molecule has 0 saturated carbocycles. The molecule has 29 heavy (non-hydrogen) atoms. The summed E-state index contributed by atoms with van der Waals surface area (Å²) in [7, 11) is 0. The van der Waals surface area contributed by atoms with Crippen LogP contribution < -0.4 is 15.4 Å². The smallest absolute Gasteiger partial charge is 0.258 e. The number of hydrogen-bond acceptors (Lipinski definition) is 5. The van der Waals surface area contributed by atoms with Crippen LogP contribution in [0.3, 0.4) is 0 Å². The molecule has 2 N–H and O–H groups in total. The number of carbonyl (C=O) groups excluding carboxylic acids is 1. The molecule has 3 rings (SSSR count). The van der Waals surface area contributed by atoms with Gasteiger partial charge in [-0.05, 0) is 48.7 Å². The van der Waals surface area contributed by atoms with Crippen molar-refractivity contribution in [2.75, 3.05) is 11.9 Å². The Labute approximate surface area is 169 Å². The molecule has 0 aliphatic carbocycles. The highest BCUT2D eigenvalue weighted by molar-refractivity contribution is 5.77. The zero-order chi connectivity index (χ0) is 20.6. The minimum absolute atomic E-state index is 0.178. The lowest BCUT2D eigenvalue weighted by molar-refractivity contribution is -0.123. The van der Waals surface area contributed by atoms with E-state index in [1.807, 2.05) is 25.1 Å². The average molecular weight is 394 g/mol. The average Bonchev–Trinajstić information content (AvgIpc) is 2.71. The predicted octanol–water partition coefficient (Wildman–Crippen LogP) is 3.93. The third kappa shape index (κ3) is 6.27. The number of nitrogens with zero attached hydrogens (tertiary/aromatic N) is 2. The van der Waals surface area contributed by atoms with Crippen LogP contribution in [0.5, 0.6) is 5.88 Å². The predicted molar refractivity (Wildman–Crippen MR) is 110 cm³/mol. The minimum atomic E-state index is -0.312. The second-order valence-corrected chi connectivity index (χ2v) is 6.54. The van der Waals surface area contributed by atoms with Crippen LogP contribution in [0, 0.1) is 12.7 Å². The molecule has 6 nitrogen and oxygen atoms in total. The van der Waals surface area contributed by atoms with E-state index in [-0.39, 0.29) is 18.3 Å². The van der Waals surface area contributed by atoms with Gasteiger partial charge in [0, 0.05) is 24.0 Å². The second-order valence-electron chi connectivity index (χ2n) is 6.54. The molecule has 0 fully saturated rings. The number of nitrogens with one attached hydrogen (secondary N) is 2. The molecular formula is C22H23FN4O2. The maximum atomic E-state index is 12.9. The number of ether oxygens (including phenoxy) is 1. The summed E-state index contributed by atoms with van der Waals surface area (Å²) in [6.45, 7) is 4.04. The molecule has 1 amide bonds. The minimum Gasteiger partial charge on any atom is -0.467 e. The van der Waals surface area contributed by atoms with Gasteiger partial charge in [-0.3, -0.25) is 4.79 Å². The summed E-state index contributed by atoms with van der Waals surface area (Å²) >= 11 is 0. The van der Waals surface area contributed by atoms with Gasteiger partial charge < -0.3 is 15.4 Å². The first-order valence-electron chi connectivity index (χ1n) is 9.37. The summed E-state index contributed by atoms with van der Waals surface area (Å²) in [5.41, 5.74) is 3.61. The fourth-order valence-electron chi connectivity index (χ4n) is 2.66. The van der Waals surface area contributed by atoms with Crippen molar-refractivity contribution in [2.24, 2.45) is 0 Å². The zero-order valence-electron chi connectivity index (χ0n) is 16.4. The highest BCUT2D eigenvalue weighted by Crippen LogP contribution is 2.18. The van der Waals surface area contributed by atoms with Crippen LogP contribution >= 0.6 is 0 Å². The number of benzene rings is 2.